The number of benzene rings is 2. The van der Waals surface area contributed by atoms with Crippen LogP contribution in [0.4, 0.5) is 5.69 Å². The maximum Gasteiger partial charge on any atom is 0.327 e. The fourth-order valence-corrected chi connectivity index (χ4v) is 4.77. The number of amides is 3. The van der Waals surface area contributed by atoms with E-state index in [1.165, 1.54) is 4.90 Å². The average Bonchev–Trinajstić information content (AvgIpc) is 3.13. The number of nitrogens with one attached hydrogen (secondary N) is 2. The molecule has 0 spiro atoms. The average molecular weight is 464 g/mol. The highest BCUT2D eigenvalue weighted by atomic mass is 16.4. The molecule has 2 heterocycles. The molecule has 2 aromatic rings. The van der Waals surface area contributed by atoms with Gasteiger partial charge in [0.25, 0.3) is 5.91 Å². The van der Waals surface area contributed by atoms with Gasteiger partial charge in [-0.2, -0.15) is 0 Å². The van der Waals surface area contributed by atoms with Crippen LogP contribution >= 0.6 is 0 Å². The number of para-hydroxylation sites is 1. The first-order chi connectivity index (χ1) is 16.2. The first kappa shape index (κ1) is 23.5. The lowest BCUT2D eigenvalue weighted by Crippen LogP contribution is -2.57. The molecule has 0 saturated heterocycles. The Bertz CT molecular complexity index is 1160. The molecule has 2 aromatic carbocycles. The topological polar surface area (TPSA) is 116 Å². The number of aryl methyl sites for hydroxylation is 2. The van der Waals surface area contributed by atoms with Gasteiger partial charge in [0.15, 0.2) is 0 Å². The van der Waals surface area contributed by atoms with Gasteiger partial charge in [-0.3, -0.25) is 19.3 Å². The highest BCUT2D eigenvalue weighted by molar-refractivity contribution is 6.07. The second-order valence-corrected chi connectivity index (χ2v) is 9.36. The van der Waals surface area contributed by atoms with Crippen LogP contribution < -0.4 is 15.5 Å². The summed E-state index contributed by atoms with van der Waals surface area (Å²) in [7, 11) is 0. The number of rotatable bonds is 6. The summed E-state index contributed by atoms with van der Waals surface area (Å²) in [6, 6.07) is 9.96. The van der Waals surface area contributed by atoms with Crippen molar-refractivity contribution in [2.45, 2.75) is 58.2 Å². The maximum absolute atomic E-state index is 13.5. The van der Waals surface area contributed by atoms with Gasteiger partial charge in [-0.05, 0) is 48.9 Å². The van der Waals surface area contributed by atoms with Crippen molar-refractivity contribution in [3.63, 3.8) is 0 Å². The molecule has 3 amide bonds. The molecular formula is C26H29N3O5. The fraction of sp³-hybridized carbons (Fsp3) is 0.385. The molecule has 178 valence electrons. The van der Waals surface area contributed by atoms with E-state index in [9.17, 15) is 24.3 Å². The second kappa shape index (κ2) is 9.29. The predicted octanol–water partition coefficient (Wildman–Crippen LogP) is 2.22. The second-order valence-electron chi connectivity index (χ2n) is 9.36. The third kappa shape index (κ3) is 4.40. The van der Waals surface area contributed by atoms with E-state index in [1.807, 2.05) is 45.0 Å². The van der Waals surface area contributed by atoms with E-state index in [2.05, 4.69) is 10.6 Å². The van der Waals surface area contributed by atoms with Crippen molar-refractivity contribution >= 4 is 29.4 Å². The van der Waals surface area contributed by atoms with Gasteiger partial charge in [0.1, 0.15) is 18.1 Å². The van der Waals surface area contributed by atoms with Crippen molar-refractivity contribution < 1.29 is 24.3 Å². The summed E-state index contributed by atoms with van der Waals surface area (Å²) in [6.45, 7) is 5.52. The van der Waals surface area contributed by atoms with Crippen LogP contribution in [-0.2, 0) is 27.2 Å². The normalized spacial score (nSPS) is 19.9. The molecule has 0 aliphatic carbocycles. The van der Waals surface area contributed by atoms with Crippen molar-refractivity contribution in [1.82, 2.24) is 10.6 Å². The Labute approximate surface area is 198 Å². The molecule has 2 aliphatic heterocycles. The number of hydrogen-bond donors (Lipinski definition) is 3. The van der Waals surface area contributed by atoms with Gasteiger partial charge in [0, 0.05) is 12.0 Å². The van der Waals surface area contributed by atoms with E-state index >= 15 is 0 Å². The summed E-state index contributed by atoms with van der Waals surface area (Å²) in [6.07, 6.45) is 1.12. The van der Waals surface area contributed by atoms with Gasteiger partial charge >= 0.3 is 5.97 Å². The number of carbonyl (C=O) groups excluding carboxylic acids is 3. The van der Waals surface area contributed by atoms with E-state index in [-0.39, 0.29) is 18.2 Å². The third-order valence-electron chi connectivity index (χ3n) is 6.52. The standard InChI is InChI=1S/C26H29N3O5/c1-14(2)21(28-23(30)18-9-4-6-15(3)12-18)24(31)27-19-11-10-16-7-5-8-17-13-20(26(33)34)29(22(16)17)25(19)32/h4-9,12,14,19-21H,10-11,13H2,1-3H3,(H,27,31)(H,28,30)(H,33,34)/t19-,20-,21-/m0/s1. The monoisotopic (exact) mass is 463 g/mol. The van der Waals surface area contributed by atoms with Crippen molar-refractivity contribution in [3.8, 4) is 0 Å². The molecular weight excluding hydrogens is 434 g/mol. The summed E-state index contributed by atoms with van der Waals surface area (Å²) in [4.78, 5) is 52.7. The van der Waals surface area contributed by atoms with Gasteiger partial charge in [0.05, 0.1) is 5.69 Å². The molecule has 0 bridgehead atoms. The Hall–Kier alpha value is -3.68. The SMILES string of the molecule is Cc1cccc(C(=O)N[C@H](C(=O)N[C@H]2CCc3cccc4c3N(C2=O)[C@H](C(=O)O)C4)C(C)C)c1. The number of hydrogen-bond acceptors (Lipinski definition) is 4. The lowest BCUT2D eigenvalue weighted by Gasteiger charge is -2.28. The fourth-order valence-electron chi connectivity index (χ4n) is 4.77. The predicted molar refractivity (Wildman–Crippen MR) is 127 cm³/mol. The van der Waals surface area contributed by atoms with Crippen LogP contribution in [0.3, 0.4) is 0 Å². The summed E-state index contributed by atoms with van der Waals surface area (Å²) in [5, 5.41) is 15.3. The van der Waals surface area contributed by atoms with Crippen LogP contribution in [0.15, 0.2) is 42.5 Å². The summed E-state index contributed by atoms with van der Waals surface area (Å²) in [5.74, 6) is -2.57. The zero-order valence-corrected chi connectivity index (χ0v) is 19.5. The quantitative estimate of drug-likeness (QED) is 0.608. The van der Waals surface area contributed by atoms with E-state index in [1.54, 1.807) is 18.2 Å². The smallest absolute Gasteiger partial charge is 0.327 e. The van der Waals surface area contributed by atoms with Gasteiger partial charge in [0.2, 0.25) is 11.8 Å². The zero-order valence-electron chi connectivity index (χ0n) is 19.5. The van der Waals surface area contributed by atoms with Crippen LogP contribution in [0.5, 0.6) is 0 Å². The largest absolute Gasteiger partial charge is 0.480 e. The molecule has 0 aromatic heterocycles. The lowest BCUT2D eigenvalue weighted by atomic mass is 9.99. The molecule has 2 aliphatic rings. The number of carboxylic acids is 1. The van der Waals surface area contributed by atoms with Crippen LogP contribution in [0.2, 0.25) is 0 Å². The van der Waals surface area contributed by atoms with Gasteiger partial charge in [-0.25, -0.2) is 4.79 Å². The van der Waals surface area contributed by atoms with Crippen LogP contribution in [0, 0.1) is 12.8 Å². The van der Waals surface area contributed by atoms with Crippen molar-refractivity contribution in [3.05, 3.63) is 64.7 Å². The number of carbonyl (C=O) groups is 4. The van der Waals surface area contributed by atoms with Gasteiger partial charge in [-0.1, -0.05) is 49.7 Å². The number of anilines is 1. The minimum absolute atomic E-state index is 0.225. The molecule has 8 heteroatoms. The Morgan fingerprint density at radius 3 is 2.47 bits per heavy atom. The minimum atomic E-state index is -1.08. The number of nitrogens with zero attached hydrogens (tertiary/aromatic N) is 1. The molecule has 3 N–H and O–H groups in total. The number of carboxylic acid groups (broad SMARTS) is 1. The molecule has 0 radical (unpaired) electrons. The van der Waals surface area contributed by atoms with E-state index < -0.39 is 35.9 Å². The first-order valence-corrected chi connectivity index (χ1v) is 11.5. The van der Waals surface area contributed by atoms with Gasteiger partial charge < -0.3 is 15.7 Å². The third-order valence-corrected chi connectivity index (χ3v) is 6.52. The molecule has 4 rings (SSSR count). The molecule has 0 unspecified atom stereocenters. The summed E-state index contributed by atoms with van der Waals surface area (Å²) < 4.78 is 0. The van der Waals surface area contributed by atoms with Crippen molar-refractivity contribution in [1.29, 1.82) is 0 Å². The van der Waals surface area contributed by atoms with Crippen LogP contribution in [0.1, 0.15) is 47.3 Å². The minimum Gasteiger partial charge on any atom is -0.480 e. The van der Waals surface area contributed by atoms with Crippen LogP contribution in [-0.4, -0.2) is 46.9 Å². The molecule has 8 nitrogen and oxygen atoms in total. The lowest BCUT2D eigenvalue weighted by molar-refractivity contribution is -0.140. The Kier molecular flexibility index (Phi) is 6.41. The number of aliphatic carboxylic acids is 1. The molecule has 0 fully saturated rings. The Morgan fingerprint density at radius 1 is 1.09 bits per heavy atom. The Morgan fingerprint density at radius 2 is 1.79 bits per heavy atom. The van der Waals surface area contributed by atoms with Crippen molar-refractivity contribution in [2.75, 3.05) is 4.90 Å². The van der Waals surface area contributed by atoms with E-state index in [0.29, 0.717) is 24.1 Å². The van der Waals surface area contributed by atoms with Crippen molar-refractivity contribution in [2.24, 2.45) is 5.92 Å². The molecule has 34 heavy (non-hydrogen) atoms. The van der Waals surface area contributed by atoms with E-state index in [4.69, 9.17) is 0 Å². The zero-order chi connectivity index (χ0) is 24.6. The highest BCUT2D eigenvalue weighted by Gasteiger charge is 2.44. The Balaban J connectivity index is 1.54. The molecule has 0 saturated carbocycles. The first-order valence-electron chi connectivity index (χ1n) is 11.5. The molecule has 3 atom stereocenters. The summed E-state index contributed by atoms with van der Waals surface area (Å²) >= 11 is 0. The maximum atomic E-state index is 13.5. The highest BCUT2D eigenvalue weighted by Crippen LogP contribution is 2.39. The van der Waals surface area contributed by atoms with E-state index in [0.717, 1.165) is 16.7 Å². The van der Waals surface area contributed by atoms with Crippen LogP contribution in [0.25, 0.3) is 0 Å². The summed E-state index contributed by atoms with van der Waals surface area (Å²) in [5.41, 5.74) is 3.77. The van der Waals surface area contributed by atoms with Gasteiger partial charge in [-0.15, -0.1) is 0 Å².